The van der Waals surface area contributed by atoms with E-state index in [0.717, 1.165) is 17.7 Å². The SMILES string of the molecule is CCC(N)C(Sc1nccc(C)n1)c1ccc(F)cc1. The quantitative estimate of drug-likeness (QED) is 0.676. The first-order valence-corrected chi connectivity index (χ1v) is 7.45. The maximum Gasteiger partial charge on any atom is 0.188 e. The molecule has 1 aromatic carbocycles. The number of hydrogen-bond donors (Lipinski definition) is 1. The molecule has 0 radical (unpaired) electrons. The highest BCUT2D eigenvalue weighted by atomic mass is 32.2. The molecule has 0 saturated heterocycles. The highest BCUT2D eigenvalue weighted by molar-refractivity contribution is 7.99. The molecule has 2 N–H and O–H groups in total. The van der Waals surface area contributed by atoms with Gasteiger partial charge in [-0.05, 0) is 37.1 Å². The minimum Gasteiger partial charge on any atom is -0.326 e. The summed E-state index contributed by atoms with van der Waals surface area (Å²) >= 11 is 1.52. The summed E-state index contributed by atoms with van der Waals surface area (Å²) in [5.74, 6) is -0.241. The molecule has 0 amide bonds. The molecule has 0 aliphatic rings. The van der Waals surface area contributed by atoms with Crippen LogP contribution in [0.25, 0.3) is 0 Å². The lowest BCUT2D eigenvalue weighted by Gasteiger charge is -2.22. The molecular weight excluding hydrogens is 273 g/mol. The molecule has 3 nitrogen and oxygen atoms in total. The maximum absolute atomic E-state index is 13.1. The average molecular weight is 291 g/mol. The van der Waals surface area contributed by atoms with Gasteiger partial charge in [-0.15, -0.1) is 0 Å². The Bertz CT molecular complexity index is 559. The van der Waals surface area contributed by atoms with Crippen LogP contribution in [0, 0.1) is 12.7 Å². The Morgan fingerprint density at radius 2 is 1.95 bits per heavy atom. The standard InChI is InChI=1S/C15H18FN3S/c1-3-13(17)14(11-4-6-12(16)7-5-11)20-15-18-9-8-10(2)19-15/h4-9,13-14H,3,17H2,1-2H3. The van der Waals surface area contributed by atoms with Crippen LogP contribution in [-0.4, -0.2) is 16.0 Å². The van der Waals surface area contributed by atoms with Gasteiger partial charge in [0.2, 0.25) is 0 Å². The summed E-state index contributed by atoms with van der Waals surface area (Å²) in [5, 5.41) is 0.714. The molecule has 0 saturated carbocycles. The fourth-order valence-electron chi connectivity index (χ4n) is 1.87. The van der Waals surface area contributed by atoms with Crippen molar-refractivity contribution in [3.8, 4) is 0 Å². The number of halogens is 1. The van der Waals surface area contributed by atoms with Crippen molar-refractivity contribution in [2.75, 3.05) is 0 Å². The first kappa shape index (κ1) is 14.9. The van der Waals surface area contributed by atoms with Crippen LogP contribution in [0.1, 0.15) is 29.9 Å². The summed E-state index contributed by atoms with van der Waals surface area (Å²) < 4.78 is 13.1. The van der Waals surface area contributed by atoms with E-state index in [1.807, 2.05) is 19.9 Å². The fraction of sp³-hybridized carbons (Fsp3) is 0.333. The number of nitrogens with zero attached hydrogens (tertiary/aromatic N) is 2. The molecular formula is C15H18FN3S. The number of rotatable bonds is 5. The number of aromatic nitrogens is 2. The van der Waals surface area contributed by atoms with Crippen LogP contribution in [0.15, 0.2) is 41.7 Å². The van der Waals surface area contributed by atoms with E-state index in [4.69, 9.17) is 5.73 Å². The molecule has 2 unspecified atom stereocenters. The largest absolute Gasteiger partial charge is 0.326 e. The van der Waals surface area contributed by atoms with Crippen LogP contribution < -0.4 is 5.73 Å². The third kappa shape index (κ3) is 3.77. The predicted octanol–water partition coefficient (Wildman–Crippen LogP) is 3.49. The van der Waals surface area contributed by atoms with Gasteiger partial charge in [0.05, 0.1) is 5.25 Å². The molecule has 2 atom stereocenters. The second-order valence-corrected chi connectivity index (χ2v) is 5.75. The van der Waals surface area contributed by atoms with E-state index < -0.39 is 0 Å². The molecule has 106 valence electrons. The van der Waals surface area contributed by atoms with Gasteiger partial charge >= 0.3 is 0 Å². The zero-order valence-electron chi connectivity index (χ0n) is 11.6. The van der Waals surface area contributed by atoms with Gasteiger partial charge in [0.25, 0.3) is 0 Å². The minimum absolute atomic E-state index is 0.0161. The average Bonchev–Trinajstić information content (AvgIpc) is 2.45. The van der Waals surface area contributed by atoms with Crippen molar-refractivity contribution in [3.63, 3.8) is 0 Å². The molecule has 5 heteroatoms. The second-order valence-electron chi connectivity index (χ2n) is 4.64. The molecule has 0 aliphatic carbocycles. The number of thioether (sulfide) groups is 1. The molecule has 0 fully saturated rings. The zero-order chi connectivity index (χ0) is 14.5. The van der Waals surface area contributed by atoms with Crippen molar-refractivity contribution in [3.05, 3.63) is 53.6 Å². The van der Waals surface area contributed by atoms with Crippen LogP contribution in [0.5, 0.6) is 0 Å². The summed E-state index contributed by atoms with van der Waals surface area (Å²) in [4.78, 5) is 8.66. The maximum atomic E-state index is 13.1. The van der Waals surface area contributed by atoms with E-state index in [9.17, 15) is 4.39 Å². The Morgan fingerprint density at radius 1 is 1.25 bits per heavy atom. The molecule has 0 aliphatic heterocycles. The van der Waals surface area contributed by atoms with Gasteiger partial charge in [-0.3, -0.25) is 0 Å². The van der Waals surface area contributed by atoms with Crippen molar-refractivity contribution in [1.82, 2.24) is 9.97 Å². The lowest BCUT2D eigenvalue weighted by Crippen LogP contribution is -2.25. The molecule has 1 aromatic heterocycles. The minimum atomic E-state index is -0.241. The van der Waals surface area contributed by atoms with Gasteiger partial charge in [-0.25, -0.2) is 14.4 Å². The van der Waals surface area contributed by atoms with Crippen molar-refractivity contribution >= 4 is 11.8 Å². The van der Waals surface area contributed by atoms with E-state index in [1.165, 1.54) is 23.9 Å². The molecule has 0 spiro atoms. The Morgan fingerprint density at radius 3 is 2.55 bits per heavy atom. The third-order valence-electron chi connectivity index (χ3n) is 3.06. The highest BCUT2D eigenvalue weighted by Gasteiger charge is 2.21. The van der Waals surface area contributed by atoms with Gasteiger partial charge < -0.3 is 5.73 Å². The Kier molecular flexibility index (Phi) is 5.09. The van der Waals surface area contributed by atoms with Gasteiger partial charge in [-0.1, -0.05) is 30.8 Å². The van der Waals surface area contributed by atoms with Gasteiger partial charge in [-0.2, -0.15) is 0 Å². The first-order chi connectivity index (χ1) is 9.60. The summed E-state index contributed by atoms with van der Waals surface area (Å²) in [7, 11) is 0. The highest BCUT2D eigenvalue weighted by Crippen LogP contribution is 2.36. The van der Waals surface area contributed by atoms with Crippen LogP contribution >= 0.6 is 11.8 Å². The lowest BCUT2D eigenvalue weighted by atomic mass is 10.0. The van der Waals surface area contributed by atoms with Crippen molar-refractivity contribution < 1.29 is 4.39 Å². The van der Waals surface area contributed by atoms with E-state index >= 15 is 0 Å². The molecule has 0 bridgehead atoms. The van der Waals surface area contributed by atoms with Crippen molar-refractivity contribution in [2.45, 2.75) is 36.7 Å². The number of benzene rings is 1. The topological polar surface area (TPSA) is 51.8 Å². The molecule has 1 heterocycles. The van der Waals surface area contributed by atoms with E-state index in [1.54, 1.807) is 18.3 Å². The van der Waals surface area contributed by atoms with Crippen molar-refractivity contribution in [1.29, 1.82) is 0 Å². The van der Waals surface area contributed by atoms with Crippen molar-refractivity contribution in [2.24, 2.45) is 5.73 Å². The van der Waals surface area contributed by atoms with Crippen LogP contribution in [-0.2, 0) is 0 Å². The number of hydrogen-bond acceptors (Lipinski definition) is 4. The monoisotopic (exact) mass is 291 g/mol. The van der Waals surface area contributed by atoms with Crippen LogP contribution in [0.4, 0.5) is 4.39 Å². The summed E-state index contributed by atoms with van der Waals surface area (Å²) in [5.41, 5.74) is 8.12. The van der Waals surface area contributed by atoms with Gasteiger partial charge in [0, 0.05) is 17.9 Å². The fourth-order valence-corrected chi connectivity index (χ4v) is 3.07. The van der Waals surface area contributed by atoms with Gasteiger partial charge in [0.15, 0.2) is 5.16 Å². The van der Waals surface area contributed by atoms with E-state index in [2.05, 4.69) is 9.97 Å². The first-order valence-electron chi connectivity index (χ1n) is 6.57. The zero-order valence-corrected chi connectivity index (χ0v) is 12.4. The molecule has 20 heavy (non-hydrogen) atoms. The second kappa shape index (κ2) is 6.81. The normalized spacial score (nSPS) is 14.0. The number of nitrogens with two attached hydrogens (primary N) is 1. The summed E-state index contributed by atoms with van der Waals surface area (Å²) in [6.45, 7) is 3.97. The number of aryl methyl sites for hydroxylation is 1. The van der Waals surface area contributed by atoms with Crippen LogP contribution in [0.3, 0.4) is 0 Å². The Labute approximate surface area is 122 Å². The summed E-state index contributed by atoms with van der Waals surface area (Å²) in [6.07, 6.45) is 2.57. The lowest BCUT2D eigenvalue weighted by molar-refractivity contribution is 0.617. The third-order valence-corrected chi connectivity index (χ3v) is 4.35. The van der Waals surface area contributed by atoms with E-state index in [0.29, 0.717) is 5.16 Å². The summed E-state index contributed by atoms with van der Waals surface area (Å²) in [6, 6.07) is 8.30. The Balaban J connectivity index is 2.26. The Hall–Kier alpha value is -1.46. The molecule has 2 aromatic rings. The van der Waals surface area contributed by atoms with Gasteiger partial charge in [0.1, 0.15) is 5.82 Å². The van der Waals surface area contributed by atoms with Crippen LogP contribution in [0.2, 0.25) is 0 Å². The molecule has 2 rings (SSSR count). The smallest absolute Gasteiger partial charge is 0.188 e. The van der Waals surface area contributed by atoms with E-state index in [-0.39, 0.29) is 17.1 Å². The predicted molar refractivity (Wildman–Crippen MR) is 80.0 cm³/mol.